The molecule has 0 saturated heterocycles. The van der Waals surface area contributed by atoms with E-state index in [4.69, 9.17) is 4.98 Å². The molecule has 0 fully saturated rings. The van der Waals surface area contributed by atoms with Crippen LogP contribution in [0.15, 0.2) is 24.3 Å². The minimum atomic E-state index is 0.0385. The average Bonchev–Trinajstić information content (AvgIpc) is 2.95. The third-order valence-electron chi connectivity index (χ3n) is 4.67. The van der Waals surface area contributed by atoms with Gasteiger partial charge in [0.05, 0.1) is 11.0 Å². The SMILES string of the molecule is CCCCCCCCCn1c(CCCNC(C)=O)nc2ccccc21. The summed E-state index contributed by atoms with van der Waals surface area (Å²) in [7, 11) is 0. The quantitative estimate of drug-likeness (QED) is 0.560. The van der Waals surface area contributed by atoms with Gasteiger partial charge in [0.15, 0.2) is 0 Å². The average molecular weight is 344 g/mol. The Morgan fingerprint density at radius 1 is 1.04 bits per heavy atom. The molecule has 0 bridgehead atoms. The summed E-state index contributed by atoms with van der Waals surface area (Å²) in [5, 5.41) is 2.87. The summed E-state index contributed by atoms with van der Waals surface area (Å²) in [5.74, 6) is 1.19. The van der Waals surface area contributed by atoms with Gasteiger partial charge in [0.2, 0.25) is 5.91 Å². The van der Waals surface area contributed by atoms with Crippen LogP contribution in [0.2, 0.25) is 0 Å². The summed E-state index contributed by atoms with van der Waals surface area (Å²) < 4.78 is 2.38. The first-order chi connectivity index (χ1) is 12.2. The van der Waals surface area contributed by atoms with Gasteiger partial charge in [-0.05, 0) is 25.0 Å². The van der Waals surface area contributed by atoms with E-state index < -0.39 is 0 Å². The largest absolute Gasteiger partial charge is 0.356 e. The van der Waals surface area contributed by atoms with Gasteiger partial charge < -0.3 is 9.88 Å². The maximum absolute atomic E-state index is 11.0. The lowest BCUT2D eigenvalue weighted by Crippen LogP contribution is -2.21. The monoisotopic (exact) mass is 343 g/mol. The number of benzene rings is 1. The van der Waals surface area contributed by atoms with E-state index in [1.54, 1.807) is 6.92 Å². The predicted octanol–water partition coefficient (Wildman–Crippen LogP) is 4.86. The van der Waals surface area contributed by atoms with E-state index in [2.05, 4.69) is 41.1 Å². The van der Waals surface area contributed by atoms with E-state index in [0.717, 1.165) is 37.3 Å². The van der Waals surface area contributed by atoms with Crippen LogP contribution in [0.3, 0.4) is 0 Å². The van der Waals surface area contributed by atoms with E-state index in [-0.39, 0.29) is 5.91 Å². The number of rotatable bonds is 12. The smallest absolute Gasteiger partial charge is 0.216 e. The minimum Gasteiger partial charge on any atom is -0.356 e. The van der Waals surface area contributed by atoms with Gasteiger partial charge in [0.1, 0.15) is 5.82 Å². The predicted molar refractivity (Wildman–Crippen MR) is 105 cm³/mol. The lowest BCUT2D eigenvalue weighted by atomic mass is 10.1. The highest BCUT2D eigenvalue weighted by Crippen LogP contribution is 2.18. The van der Waals surface area contributed by atoms with Crippen LogP contribution >= 0.6 is 0 Å². The van der Waals surface area contributed by atoms with Crippen LogP contribution in [0.5, 0.6) is 0 Å². The van der Waals surface area contributed by atoms with Crippen molar-refractivity contribution in [3.63, 3.8) is 0 Å². The standard InChI is InChI=1S/C21H33N3O/c1-3-4-5-6-7-8-11-17-24-20-14-10-9-13-19(20)23-21(24)15-12-16-22-18(2)25/h9-10,13-14H,3-8,11-12,15-17H2,1-2H3,(H,22,25). The van der Waals surface area contributed by atoms with Crippen molar-refractivity contribution in [2.24, 2.45) is 0 Å². The first-order valence-corrected chi connectivity index (χ1v) is 9.91. The van der Waals surface area contributed by atoms with Gasteiger partial charge in [-0.25, -0.2) is 4.98 Å². The van der Waals surface area contributed by atoms with Crippen molar-refractivity contribution in [1.82, 2.24) is 14.9 Å². The number of unbranched alkanes of at least 4 members (excludes halogenated alkanes) is 6. The van der Waals surface area contributed by atoms with Crippen LogP contribution < -0.4 is 5.32 Å². The number of nitrogens with one attached hydrogen (secondary N) is 1. The summed E-state index contributed by atoms with van der Waals surface area (Å²) in [4.78, 5) is 15.8. The molecular weight excluding hydrogens is 310 g/mol. The Balaban J connectivity index is 1.89. The third kappa shape index (κ3) is 6.52. The van der Waals surface area contributed by atoms with Crippen molar-refractivity contribution < 1.29 is 4.79 Å². The Labute approximate surface area is 152 Å². The Bertz CT molecular complexity index is 648. The second-order valence-corrected chi connectivity index (χ2v) is 6.88. The zero-order valence-corrected chi connectivity index (χ0v) is 15.9. The fraction of sp³-hybridized carbons (Fsp3) is 0.619. The summed E-state index contributed by atoms with van der Waals surface area (Å²) in [6, 6.07) is 8.40. The van der Waals surface area contributed by atoms with Crippen LogP contribution in [-0.4, -0.2) is 22.0 Å². The Morgan fingerprint density at radius 3 is 2.52 bits per heavy atom. The molecule has 25 heavy (non-hydrogen) atoms. The van der Waals surface area contributed by atoms with Crippen molar-refractivity contribution in [2.75, 3.05) is 6.54 Å². The molecule has 1 N–H and O–H groups in total. The van der Waals surface area contributed by atoms with Gasteiger partial charge in [0, 0.05) is 26.4 Å². The third-order valence-corrected chi connectivity index (χ3v) is 4.67. The molecule has 138 valence electrons. The molecular formula is C21H33N3O. The lowest BCUT2D eigenvalue weighted by molar-refractivity contribution is -0.118. The first kappa shape index (κ1) is 19.5. The van der Waals surface area contributed by atoms with Crippen molar-refractivity contribution in [2.45, 2.75) is 78.2 Å². The van der Waals surface area contributed by atoms with E-state index in [1.165, 1.54) is 50.5 Å². The summed E-state index contributed by atoms with van der Waals surface area (Å²) in [6.07, 6.45) is 11.1. The van der Waals surface area contributed by atoms with Crippen molar-refractivity contribution in [1.29, 1.82) is 0 Å². The van der Waals surface area contributed by atoms with Crippen LogP contribution in [0.1, 0.15) is 71.0 Å². The van der Waals surface area contributed by atoms with Crippen molar-refractivity contribution >= 4 is 16.9 Å². The number of carbonyl (C=O) groups excluding carboxylic acids is 1. The zero-order chi connectivity index (χ0) is 17.9. The highest BCUT2D eigenvalue weighted by molar-refractivity contribution is 5.76. The molecule has 0 aliphatic rings. The van der Waals surface area contributed by atoms with E-state index >= 15 is 0 Å². The summed E-state index contributed by atoms with van der Waals surface area (Å²) in [6.45, 7) is 5.59. The maximum Gasteiger partial charge on any atom is 0.216 e. The number of carbonyl (C=O) groups is 1. The zero-order valence-electron chi connectivity index (χ0n) is 15.9. The van der Waals surface area contributed by atoms with Gasteiger partial charge in [-0.15, -0.1) is 0 Å². The molecule has 0 unspecified atom stereocenters. The second-order valence-electron chi connectivity index (χ2n) is 6.88. The first-order valence-electron chi connectivity index (χ1n) is 9.91. The Hall–Kier alpha value is -1.84. The van der Waals surface area contributed by atoms with Gasteiger partial charge in [0.25, 0.3) is 0 Å². The molecule has 4 nitrogen and oxygen atoms in total. The minimum absolute atomic E-state index is 0.0385. The van der Waals surface area contributed by atoms with Crippen LogP contribution in [0.4, 0.5) is 0 Å². The summed E-state index contributed by atoms with van der Waals surface area (Å²) in [5.41, 5.74) is 2.32. The molecule has 1 heterocycles. The number of nitrogens with zero attached hydrogens (tertiary/aromatic N) is 2. The van der Waals surface area contributed by atoms with Crippen LogP contribution in [0, 0.1) is 0 Å². The van der Waals surface area contributed by atoms with Gasteiger partial charge in [-0.2, -0.15) is 0 Å². The molecule has 2 rings (SSSR count). The maximum atomic E-state index is 11.0. The summed E-state index contributed by atoms with van der Waals surface area (Å²) >= 11 is 0. The van der Waals surface area contributed by atoms with Crippen LogP contribution in [-0.2, 0) is 17.8 Å². The van der Waals surface area contributed by atoms with Crippen molar-refractivity contribution in [3.05, 3.63) is 30.1 Å². The number of aromatic nitrogens is 2. The number of aryl methyl sites for hydroxylation is 2. The number of hydrogen-bond acceptors (Lipinski definition) is 2. The fourth-order valence-electron chi connectivity index (χ4n) is 3.30. The van der Waals surface area contributed by atoms with Gasteiger partial charge in [-0.3, -0.25) is 4.79 Å². The number of fused-ring (bicyclic) bond motifs is 1. The van der Waals surface area contributed by atoms with E-state index in [9.17, 15) is 4.79 Å². The van der Waals surface area contributed by atoms with Gasteiger partial charge in [-0.1, -0.05) is 57.6 Å². The number of amides is 1. The molecule has 1 aromatic heterocycles. The molecule has 0 aliphatic heterocycles. The van der Waals surface area contributed by atoms with Gasteiger partial charge >= 0.3 is 0 Å². The normalized spacial score (nSPS) is 11.1. The lowest BCUT2D eigenvalue weighted by Gasteiger charge is -2.09. The molecule has 0 aliphatic carbocycles. The molecule has 1 aromatic carbocycles. The Kier molecular flexibility index (Phi) is 8.50. The Morgan fingerprint density at radius 2 is 1.76 bits per heavy atom. The van der Waals surface area contributed by atoms with E-state index in [1.807, 2.05) is 0 Å². The molecule has 1 amide bonds. The molecule has 2 aromatic rings. The number of imidazole rings is 1. The van der Waals surface area contributed by atoms with E-state index in [0.29, 0.717) is 0 Å². The fourth-order valence-corrected chi connectivity index (χ4v) is 3.30. The van der Waals surface area contributed by atoms with Crippen molar-refractivity contribution in [3.8, 4) is 0 Å². The topological polar surface area (TPSA) is 46.9 Å². The molecule has 0 atom stereocenters. The molecule has 0 spiro atoms. The molecule has 4 heteroatoms. The number of hydrogen-bond donors (Lipinski definition) is 1. The number of para-hydroxylation sites is 2. The molecule has 0 radical (unpaired) electrons. The highest BCUT2D eigenvalue weighted by atomic mass is 16.1. The molecule has 0 saturated carbocycles. The highest BCUT2D eigenvalue weighted by Gasteiger charge is 2.10. The second kappa shape index (κ2) is 10.9. The van der Waals surface area contributed by atoms with Crippen LogP contribution in [0.25, 0.3) is 11.0 Å².